The summed E-state index contributed by atoms with van der Waals surface area (Å²) in [7, 11) is 0. The molecule has 0 aliphatic carbocycles. The van der Waals surface area contributed by atoms with Gasteiger partial charge in [0.1, 0.15) is 0 Å². The average Bonchev–Trinajstić information content (AvgIpc) is 2.00. The van der Waals surface area contributed by atoms with E-state index in [0.717, 1.165) is 6.42 Å². The molecule has 0 bridgehead atoms. The summed E-state index contributed by atoms with van der Waals surface area (Å²) in [6.45, 7) is 8.74. The van der Waals surface area contributed by atoms with E-state index in [9.17, 15) is 0 Å². The van der Waals surface area contributed by atoms with E-state index in [1.807, 2.05) is 23.5 Å². The van der Waals surface area contributed by atoms with Crippen LogP contribution in [-0.4, -0.2) is 0 Å². The molecule has 0 N–H and O–H groups in total. The van der Waals surface area contributed by atoms with Crippen molar-refractivity contribution in [3.63, 3.8) is 0 Å². The van der Waals surface area contributed by atoms with Crippen LogP contribution in [0, 0.1) is 46.7 Å². The fourth-order valence-corrected chi connectivity index (χ4v) is 2.40. The number of hydrogen-bond donors (Lipinski definition) is 0. The second kappa shape index (κ2) is 18.8. The minimum atomic E-state index is 0. The van der Waals surface area contributed by atoms with Crippen molar-refractivity contribution in [3.8, 4) is 0 Å². The average molecular weight is 567 g/mol. The first-order chi connectivity index (χ1) is 5.20. The van der Waals surface area contributed by atoms with Crippen LogP contribution in [0.15, 0.2) is 0 Å². The molecule has 0 saturated heterocycles. The van der Waals surface area contributed by atoms with Crippen LogP contribution < -0.4 is 0 Å². The summed E-state index contributed by atoms with van der Waals surface area (Å²) >= 11 is 3.76. The van der Waals surface area contributed by atoms with Gasteiger partial charge in [-0.05, 0) is 6.92 Å². The van der Waals surface area contributed by atoms with Gasteiger partial charge in [-0.2, -0.15) is 19.8 Å². The van der Waals surface area contributed by atoms with E-state index in [2.05, 4.69) is 33.4 Å². The standard InChI is InChI=1S/C9H17S2.U.V.Y/c1-5-7-10-9(4)11-8(3)6-2;;;/h7H,5-6H2,1-4H3;;;/q-2;;;. The third-order valence-electron chi connectivity index (χ3n) is 1.23. The molecule has 5 heteroatoms. The zero-order valence-electron chi connectivity index (χ0n) is 9.33. The molecular formula is C9H17S2UVY-2. The van der Waals surface area contributed by atoms with Crippen LogP contribution in [0.5, 0.6) is 0 Å². The van der Waals surface area contributed by atoms with E-state index in [1.165, 1.54) is 16.3 Å². The van der Waals surface area contributed by atoms with Crippen molar-refractivity contribution in [1.29, 1.82) is 0 Å². The molecule has 0 aromatic rings. The van der Waals surface area contributed by atoms with E-state index >= 15 is 0 Å². The van der Waals surface area contributed by atoms with Gasteiger partial charge >= 0.3 is 0 Å². The second-order valence-corrected chi connectivity index (χ2v) is 5.30. The molecule has 0 aromatic carbocycles. The zero-order chi connectivity index (χ0) is 8.69. The van der Waals surface area contributed by atoms with Crippen LogP contribution in [0.4, 0.5) is 0 Å². The summed E-state index contributed by atoms with van der Waals surface area (Å²) in [5, 5.41) is 1.50. The Morgan fingerprint density at radius 1 is 1.36 bits per heavy atom. The topological polar surface area (TPSA) is 0 Å². The van der Waals surface area contributed by atoms with Gasteiger partial charge in [-0.25, -0.2) is 0 Å². The molecule has 0 aliphatic heterocycles. The van der Waals surface area contributed by atoms with Crippen molar-refractivity contribution >= 4 is 23.5 Å². The first kappa shape index (κ1) is 26.1. The van der Waals surface area contributed by atoms with Gasteiger partial charge in [0.15, 0.2) is 0 Å². The van der Waals surface area contributed by atoms with Crippen LogP contribution in [0.3, 0.4) is 0 Å². The maximum Gasteiger partial charge on any atom is 0.0185 e. The van der Waals surface area contributed by atoms with Gasteiger partial charge < -0.3 is 23.5 Å². The van der Waals surface area contributed by atoms with E-state index in [4.69, 9.17) is 0 Å². The first-order valence-electron chi connectivity index (χ1n) is 4.02. The molecule has 0 saturated carbocycles. The summed E-state index contributed by atoms with van der Waals surface area (Å²) in [5.41, 5.74) is 0. The molecule has 0 unspecified atom stereocenters. The van der Waals surface area contributed by atoms with Gasteiger partial charge in [-0.15, -0.1) is 0 Å². The second-order valence-electron chi connectivity index (χ2n) is 2.34. The third kappa shape index (κ3) is 17.8. The fourth-order valence-electron chi connectivity index (χ4n) is 0.542. The molecule has 79 valence electrons. The Labute approximate surface area is 159 Å². The van der Waals surface area contributed by atoms with Crippen LogP contribution in [0.2, 0.25) is 0 Å². The Kier molecular flexibility index (Phi) is 35.0. The van der Waals surface area contributed by atoms with E-state index in [-0.39, 0.29) is 82.4 Å². The molecule has 0 heterocycles. The first-order valence-corrected chi connectivity index (χ1v) is 5.72. The molecule has 0 spiro atoms. The zero-order valence-corrected chi connectivity index (χ0v) is 19.4. The van der Waals surface area contributed by atoms with E-state index in [0.29, 0.717) is 0 Å². The van der Waals surface area contributed by atoms with Crippen LogP contribution >= 0.6 is 23.5 Å². The predicted octanol–water partition coefficient (Wildman–Crippen LogP) is 4.49. The minimum Gasteiger partial charge on any atom is -0.335 e. The fraction of sp³-hybridized carbons (Fsp3) is 0.667. The summed E-state index contributed by atoms with van der Waals surface area (Å²) in [5.74, 6) is 2.24. The smallest absolute Gasteiger partial charge is 0.0185 e. The summed E-state index contributed by atoms with van der Waals surface area (Å²) < 4.78 is 1.44. The summed E-state index contributed by atoms with van der Waals surface area (Å²) in [6.07, 6.45) is 2.32. The Bertz CT molecular complexity index is 98.9. The number of rotatable bonds is 6. The Morgan fingerprint density at radius 3 is 2.21 bits per heavy atom. The van der Waals surface area contributed by atoms with Gasteiger partial charge in [-0.3, -0.25) is 11.0 Å². The van der Waals surface area contributed by atoms with Crippen molar-refractivity contribution in [3.05, 3.63) is 15.6 Å². The van der Waals surface area contributed by atoms with Crippen molar-refractivity contribution in [2.45, 2.75) is 40.5 Å². The maximum absolute atomic E-state index is 2.24. The summed E-state index contributed by atoms with van der Waals surface area (Å²) in [4.78, 5) is 0. The van der Waals surface area contributed by atoms with Gasteiger partial charge in [0, 0.05) is 87.0 Å². The van der Waals surface area contributed by atoms with E-state index in [1.54, 1.807) is 0 Å². The Hall–Kier alpha value is 3.44. The van der Waals surface area contributed by atoms with Crippen LogP contribution in [-0.2, 0) is 51.3 Å². The SMILES string of the molecule is CC[CH-]S[C](C)S[C-](C)CC.[U].[V].[Y]. The van der Waals surface area contributed by atoms with Crippen LogP contribution in [0.1, 0.15) is 40.5 Å². The quantitative estimate of drug-likeness (QED) is 0.435. The molecule has 0 rings (SSSR count). The van der Waals surface area contributed by atoms with Crippen molar-refractivity contribution in [1.82, 2.24) is 0 Å². The monoisotopic (exact) mass is 567 g/mol. The summed E-state index contributed by atoms with van der Waals surface area (Å²) in [6, 6.07) is 0. The van der Waals surface area contributed by atoms with E-state index < -0.39 is 0 Å². The molecule has 3 radical (unpaired) electrons. The minimum absolute atomic E-state index is 0. The van der Waals surface area contributed by atoms with Crippen LogP contribution in [0.25, 0.3) is 0 Å². The number of thioether (sulfide) groups is 2. The Morgan fingerprint density at radius 2 is 1.86 bits per heavy atom. The van der Waals surface area contributed by atoms with Gasteiger partial charge in [0.2, 0.25) is 0 Å². The molecule has 0 nitrogen and oxygen atoms in total. The molecule has 0 fully saturated rings. The molecular weight excluding hydrogens is 550 g/mol. The molecule has 14 heavy (non-hydrogen) atoms. The maximum atomic E-state index is 2.24. The largest absolute Gasteiger partial charge is 0.335 e. The predicted molar refractivity (Wildman–Crippen MR) is 57.9 cm³/mol. The van der Waals surface area contributed by atoms with Crippen molar-refractivity contribution < 1.29 is 82.4 Å². The third-order valence-corrected chi connectivity index (χ3v) is 3.53. The van der Waals surface area contributed by atoms with Gasteiger partial charge in [0.05, 0.1) is 0 Å². The van der Waals surface area contributed by atoms with Crippen molar-refractivity contribution in [2.75, 3.05) is 0 Å². The molecule has 0 aromatic heterocycles. The molecule has 0 atom stereocenters. The molecule has 0 amide bonds. The normalized spacial score (nSPS) is 9.00. The van der Waals surface area contributed by atoms with Crippen molar-refractivity contribution in [2.24, 2.45) is 0 Å². The molecule has 0 aliphatic rings. The number of hydrogen-bond acceptors (Lipinski definition) is 2. The van der Waals surface area contributed by atoms with Gasteiger partial charge in [-0.1, -0.05) is 13.8 Å². The Balaban J connectivity index is -0.000000167. The van der Waals surface area contributed by atoms with Gasteiger partial charge in [0.25, 0.3) is 0 Å².